The number of anilines is 1. The smallest absolute Gasteiger partial charge is 0.257 e. The van der Waals surface area contributed by atoms with Crippen LogP contribution in [0.4, 0.5) is 5.69 Å². The summed E-state index contributed by atoms with van der Waals surface area (Å²) >= 11 is 6.24. The van der Waals surface area contributed by atoms with Crippen molar-refractivity contribution in [3.63, 3.8) is 0 Å². The maximum absolute atomic E-state index is 13.0. The Morgan fingerprint density at radius 2 is 1.66 bits per heavy atom. The van der Waals surface area contributed by atoms with Crippen LogP contribution in [0, 0.1) is 0 Å². The molecule has 0 spiro atoms. The standard InChI is InChI=1S/C23H21ClN2O5S/c24-20-11-10-18(32(28,29)26-12-14-30-15-13-26)16-19(20)23(27)25-21-8-4-5-9-22(21)31-17-6-2-1-3-7-17/h1-11,16H,12-15H2,(H,25,27). The molecule has 32 heavy (non-hydrogen) atoms. The first kappa shape index (κ1) is 22.3. The lowest BCUT2D eigenvalue weighted by molar-refractivity contribution is 0.0730. The van der Waals surface area contributed by atoms with Crippen molar-refractivity contribution in [1.29, 1.82) is 0 Å². The maximum atomic E-state index is 13.0. The molecule has 3 aromatic carbocycles. The summed E-state index contributed by atoms with van der Waals surface area (Å²) in [5, 5.41) is 2.91. The van der Waals surface area contributed by atoms with Gasteiger partial charge in [-0.05, 0) is 42.5 Å². The fourth-order valence-corrected chi connectivity index (χ4v) is 4.88. The molecule has 0 bridgehead atoms. The van der Waals surface area contributed by atoms with Gasteiger partial charge in [-0.25, -0.2) is 8.42 Å². The first-order valence-electron chi connectivity index (χ1n) is 9.96. The number of sulfonamides is 1. The van der Waals surface area contributed by atoms with Crippen molar-refractivity contribution in [1.82, 2.24) is 4.31 Å². The van der Waals surface area contributed by atoms with Gasteiger partial charge in [0.05, 0.1) is 34.4 Å². The van der Waals surface area contributed by atoms with E-state index in [0.29, 0.717) is 30.4 Å². The number of hydrogen-bond donors (Lipinski definition) is 1. The quantitative estimate of drug-likeness (QED) is 0.574. The number of amides is 1. The molecule has 0 radical (unpaired) electrons. The predicted octanol–water partition coefficient (Wildman–Crippen LogP) is 4.41. The molecular weight excluding hydrogens is 452 g/mol. The number of carbonyl (C=O) groups is 1. The molecule has 166 valence electrons. The summed E-state index contributed by atoms with van der Waals surface area (Å²) in [4.78, 5) is 13.0. The van der Waals surface area contributed by atoms with Crippen LogP contribution < -0.4 is 10.1 Å². The Kier molecular flexibility index (Phi) is 6.76. The number of nitrogens with zero attached hydrogens (tertiary/aromatic N) is 1. The molecule has 1 amide bonds. The van der Waals surface area contributed by atoms with Crippen LogP contribution >= 0.6 is 11.6 Å². The van der Waals surface area contributed by atoms with E-state index >= 15 is 0 Å². The Morgan fingerprint density at radius 1 is 0.969 bits per heavy atom. The van der Waals surface area contributed by atoms with Crippen molar-refractivity contribution >= 4 is 33.2 Å². The molecule has 0 atom stereocenters. The van der Waals surface area contributed by atoms with Crippen molar-refractivity contribution in [2.75, 3.05) is 31.6 Å². The summed E-state index contributed by atoms with van der Waals surface area (Å²) in [7, 11) is -3.77. The number of ether oxygens (including phenoxy) is 2. The fraction of sp³-hybridized carbons (Fsp3) is 0.174. The van der Waals surface area contributed by atoms with Crippen LogP contribution in [0.3, 0.4) is 0 Å². The van der Waals surface area contributed by atoms with Crippen molar-refractivity contribution < 1.29 is 22.7 Å². The van der Waals surface area contributed by atoms with Crippen LogP contribution in [0.5, 0.6) is 11.5 Å². The van der Waals surface area contributed by atoms with E-state index < -0.39 is 15.9 Å². The summed E-state index contributed by atoms with van der Waals surface area (Å²) in [6, 6.07) is 20.2. The van der Waals surface area contributed by atoms with Crippen LogP contribution in [-0.2, 0) is 14.8 Å². The molecule has 1 fully saturated rings. The van der Waals surface area contributed by atoms with Gasteiger partial charge in [-0.2, -0.15) is 4.31 Å². The Balaban J connectivity index is 1.59. The number of rotatable bonds is 6. The Hall–Kier alpha value is -2.91. The van der Waals surface area contributed by atoms with Crippen molar-refractivity contribution in [2.24, 2.45) is 0 Å². The Labute approximate surface area is 191 Å². The lowest BCUT2D eigenvalue weighted by Gasteiger charge is -2.26. The first-order chi connectivity index (χ1) is 15.4. The van der Waals surface area contributed by atoms with Crippen LogP contribution in [-0.4, -0.2) is 44.9 Å². The minimum absolute atomic E-state index is 0.00257. The van der Waals surface area contributed by atoms with E-state index in [2.05, 4.69) is 5.32 Å². The van der Waals surface area contributed by atoms with Gasteiger partial charge in [0, 0.05) is 13.1 Å². The molecule has 1 heterocycles. The van der Waals surface area contributed by atoms with E-state index in [1.54, 1.807) is 36.4 Å². The van der Waals surface area contributed by atoms with Gasteiger partial charge in [0.25, 0.3) is 5.91 Å². The first-order valence-corrected chi connectivity index (χ1v) is 11.8. The molecule has 1 N–H and O–H groups in total. The number of halogens is 1. The summed E-state index contributed by atoms with van der Waals surface area (Å²) < 4.78 is 38.4. The molecule has 0 saturated carbocycles. The maximum Gasteiger partial charge on any atom is 0.257 e. The van der Waals surface area contributed by atoms with Crippen molar-refractivity contribution in [2.45, 2.75) is 4.90 Å². The van der Waals surface area contributed by atoms with Gasteiger partial charge in [0.1, 0.15) is 5.75 Å². The van der Waals surface area contributed by atoms with Gasteiger partial charge in [0.15, 0.2) is 5.75 Å². The molecule has 3 aromatic rings. The average Bonchev–Trinajstić information content (AvgIpc) is 2.81. The predicted molar refractivity (Wildman–Crippen MR) is 122 cm³/mol. The zero-order valence-corrected chi connectivity index (χ0v) is 18.6. The number of para-hydroxylation sites is 3. The summed E-state index contributed by atoms with van der Waals surface area (Å²) in [5.41, 5.74) is 0.481. The number of benzene rings is 3. The highest BCUT2D eigenvalue weighted by Crippen LogP contribution is 2.30. The monoisotopic (exact) mass is 472 g/mol. The van der Waals surface area contributed by atoms with Crippen LogP contribution in [0.1, 0.15) is 10.4 Å². The lowest BCUT2D eigenvalue weighted by Crippen LogP contribution is -2.40. The summed E-state index contributed by atoms with van der Waals surface area (Å²) in [6.45, 7) is 1.18. The summed E-state index contributed by atoms with van der Waals surface area (Å²) in [6.07, 6.45) is 0. The molecule has 1 aliphatic rings. The van der Waals surface area contributed by atoms with Crippen LogP contribution in [0.2, 0.25) is 5.02 Å². The molecular formula is C23H21ClN2O5S. The van der Waals surface area contributed by atoms with Gasteiger partial charge >= 0.3 is 0 Å². The second-order valence-electron chi connectivity index (χ2n) is 7.02. The molecule has 9 heteroatoms. The van der Waals surface area contributed by atoms with Crippen molar-refractivity contribution in [3.05, 3.63) is 83.4 Å². The number of hydrogen-bond acceptors (Lipinski definition) is 5. The van der Waals surface area contributed by atoms with Gasteiger partial charge < -0.3 is 14.8 Å². The van der Waals surface area contributed by atoms with E-state index in [0.717, 1.165) is 0 Å². The second-order valence-corrected chi connectivity index (χ2v) is 9.37. The van der Waals surface area contributed by atoms with Gasteiger partial charge in [0.2, 0.25) is 10.0 Å². The molecule has 4 rings (SSSR count). The van der Waals surface area contributed by atoms with E-state index in [1.807, 2.05) is 18.2 Å². The fourth-order valence-electron chi connectivity index (χ4n) is 3.24. The zero-order valence-electron chi connectivity index (χ0n) is 17.0. The number of nitrogens with one attached hydrogen (secondary N) is 1. The van der Waals surface area contributed by atoms with Crippen molar-refractivity contribution in [3.8, 4) is 11.5 Å². The molecule has 0 unspecified atom stereocenters. The lowest BCUT2D eigenvalue weighted by atomic mass is 10.2. The third kappa shape index (κ3) is 4.94. The normalized spacial score (nSPS) is 14.7. The van der Waals surface area contributed by atoms with Crippen LogP contribution in [0.15, 0.2) is 77.7 Å². The molecule has 1 aliphatic heterocycles. The molecule has 7 nitrogen and oxygen atoms in total. The number of morpholine rings is 1. The molecule has 0 aromatic heterocycles. The second kappa shape index (κ2) is 9.70. The third-order valence-corrected chi connectivity index (χ3v) is 7.12. The van der Waals surface area contributed by atoms with E-state index in [-0.39, 0.29) is 28.6 Å². The van der Waals surface area contributed by atoms with E-state index in [1.165, 1.54) is 22.5 Å². The molecule has 0 aliphatic carbocycles. The highest BCUT2D eigenvalue weighted by molar-refractivity contribution is 7.89. The topological polar surface area (TPSA) is 84.9 Å². The Bertz CT molecular complexity index is 1210. The average molecular weight is 473 g/mol. The SMILES string of the molecule is O=C(Nc1ccccc1Oc1ccccc1)c1cc(S(=O)(=O)N2CCOCC2)ccc1Cl. The highest BCUT2D eigenvalue weighted by Gasteiger charge is 2.27. The van der Waals surface area contributed by atoms with Gasteiger partial charge in [-0.15, -0.1) is 0 Å². The van der Waals surface area contributed by atoms with E-state index in [9.17, 15) is 13.2 Å². The zero-order chi connectivity index (χ0) is 22.6. The Morgan fingerprint density at radius 3 is 2.41 bits per heavy atom. The highest BCUT2D eigenvalue weighted by atomic mass is 35.5. The third-order valence-electron chi connectivity index (χ3n) is 4.90. The number of carbonyl (C=O) groups excluding carboxylic acids is 1. The van der Waals surface area contributed by atoms with E-state index in [4.69, 9.17) is 21.1 Å². The minimum Gasteiger partial charge on any atom is -0.455 e. The van der Waals surface area contributed by atoms with Gasteiger partial charge in [-0.1, -0.05) is 41.9 Å². The molecule has 1 saturated heterocycles. The largest absolute Gasteiger partial charge is 0.455 e. The van der Waals surface area contributed by atoms with Gasteiger partial charge in [-0.3, -0.25) is 4.79 Å². The van der Waals surface area contributed by atoms with Crippen LogP contribution in [0.25, 0.3) is 0 Å². The minimum atomic E-state index is -3.77. The summed E-state index contributed by atoms with van der Waals surface area (Å²) in [5.74, 6) is 0.518.